The van der Waals surface area contributed by atoms with Crippen molar-refractivity contribution in [3.8, 4) is 0 Å². The van der Waals surface area contributed by atoms with Crippen molar-refractivity contribution in [3.05, 3.63) is 83.4 Å². The maximum atomic E-state index is 13.3. The molecule has 6 heteroatoms. The topological polar surface area (TPSA) is 57.7 Å². The molecular weight excluding hydrogens is 492 g/mol. The van der Waals surface area contributed by atoms with Crippen molar-refractivity contribution in [2.45, 2.75) is 62.6 Å². The van der Waals surface area contributed by atoms with Crippen LogP contribution in [0.5, 0.6) is 0 Å². The summed E-state index contributed by atoms with van der Waals surface area (Å²) in [4.78, 5) is 18.4. The molecule has 5 rings (SSSR count). The summed E-state index contributed by atoms with van der Waals surface area (Å²) in [6.45, 7) is 9.28. The number of carbonyl (C=O) groups is 1. The van der Waals surface area contributed by atoms with Gasteiger partial charge in [0.05, 0.1) is 10.1 Å². The Morgan fingerprint density at radius 2 is 1.47 bits per heavy atom. The number of carbonyl (C=O) groups excluding carboxylic acids is 1. The van der Waals surface area contributed by atoms with Crippen molar-refractivity contribution in [3.63, 3.8) is 0 Å². The highest BCUT2D eigenvalue weighted by molar-refractivity contribution is 7.92. The minimum atomic E-state index is -3.25. The van der Waals surface area contributed by atoms with Gasteiger partial charge in [-0.25, -0.2) is 8.42 Å². The number of hydrogen-bond donors (Lipinski definition) is 0. The van der Waals surface area contributed by atoms with Gasteiger partial charge in [0.25, 0.3) is 5.91 Å². The van der Waals surface area contributed by atoms with Gasteiger partial charge in [0, 0.05) is 37.8 Å². The van der Waals surface area contributed by atoms with Crippen molar-refractivity contribution in [2.24, 2.45) is 0 Å². The molecule has 2 aliphatic rings. The van der Waals surface area contributed by atoms with Crippen LogP contribution in [0.3, 0.4) is 0 Å². The Bertz CT molecular complexity index is 1430. The molecule has 38 heavy (non-hydrogen) atoms. The summed E-state index contributed by atoms with van der Waals surface area (Å²) in [5.74, 6) is 0.145. The van der Waals surface area contributed by atoms with Gasteiger partial charge in [-0.15, -0.1) is 0 Å². The number of benzene rings is 3. The monoisotopic (exact) mass is 530 g/mol. The number of amides is 1. The average Bonchev–Trinajstić information content (AvgIpc) is 2.96. The predicted octanol–water partition coefficient (Wildman–Crippen LogP) is 6.20. The summed E-state index contributed by atoms with van der Waals surface area (Å²) in [6.07, 6.45) is 4.10. The molecule has 1 amide bonds. The number of piperidine rings is 2. The molecule has 0 bridgehead atoms. The summed E-state index contributed by atoms with van der Waals surface area (Å²) >= 11 is 0. The minimum absolute atomic E-state index is 0.145. The molecule has 2 aliphatic heterocycles. The van der Waals surface area contributed by atoms with Gasteiger partial charge in [0.2, 0.25) is 0 Å². The molecule has 0 unspecified atom stereocenters. The van der Waals surface area contributed by atoms with E-state index in [1.165, 1.54) is 11.1 Å². The van der Waals surface area contributed by atoms with E-state index in [9.17, 15) is 13.2 Å². The molecule has 0 atom stereocenters. The second-order valence-corrected chi connectivity index (χ2v) is 13.4. The number of allylic oxidation sites excluding steroid dienone is 1. The largest absolute Gasteiger partial charge is 0.339 e. The van der Waals surface area contributed by atoms with Crippen molar-refractivity contribution < 1.29 is 13.2 Å². The molecular formula is C32H38N2O3S. The SMILES string of the molecule is CC(=C1CCN(C2CCN(C(=O)c3cccc4ccccc34)CC2)CC1)c1ccc(S(=O)(=O)C(C)C)cc1. The van der Waals surface area contributed by atoms with Crippen molar-refractivity contribution in [1.82, 2.24) is 9.80 Å². The second-order valence-electron chi connectivity index (χ2n) is 10.9. The maximum Gasteiger partial charge on any atom is 0.254 e. The number of nitrogens with zero attached hydrogens (tertiary/aromatic N) is 2. The lowest BCUT2D eigenvalue weighted by molar-refractivity contribution is 0.0610. The van der Waals surface area contributed by atoms with Crippen LogP contribution in [-0.2, 0) is 9.84 Å². The molecule has 0 spiro atoms. The lowest BCUT2D eigenvalue weighted by atomic mass is 9.92. The molecule has 0 N–H and O–H groups in total. The van der Waals surface area contributed by atoms with Gasteiger partial charge in [0.15, 0.2) is 9.84 Å². The van der Waals surface area contributed by atoms with Gasteiger partial charge in [-0.1, -0.05) is 54.1 Å². The van der Waals surface area contributed by atoms with Crippen LogP contribution in [0.4, 0.5) is 0 Å². The third-order valence-electron chi connectivity index (χ3n) is 8.46. The molecule has 5 nitrogen and oxygen atoms in total. The Hall–Kier alpha value is -2.96. The van der Waals surface area contributed by atoms with Crippen molar-refractivity contribution >= 4 is 32.1 Å². The van der Waals surface area contributed by atoms with E-state index in [1.807, 2.05) is 47.4 Å². The van der Waals surface area contributed by atoms with E-state index < -0.39 is 15.1 Å². The lowest BCUT2D eigenvalue weighted by Gasteiger charge is -2.41. The first-order chi connectivity index (χ1) is 18.3. The number of hydrogen-bond acceptors (Lipinski definition) is 4. The third-order valence-corrected chi connectivity index (χ3v) is 10.6. The third kappa shape index (κ3) is 5.29. The van der Waals surface area contributed by atoms with E-state index in [1.54, 1.807) is 26.0 Å². The summed E-state index contributed by atoms with van der Waals surface area (Å²) in [5, 5.41) is 1.72. The molecule has 2 heterocycles. The summed E-state index contributed by atoms with van der Waals surface area (Å²) in [5.41, 5.74) is 4.65. The highest BCUT2D eigenvalue weighted by Crippen LogP contribution is 2.30. The van der Waals surface area contributed by atoms with E-state index in [0.29, 0.717) is 10.9 Å². The van der Waals surface area contributed by atoms with Crippen LogP contribution in [0, 0.1) is 0 Å². The predicted molar refractivity (Wildman–Crippen MR) is 155 cm³/mol. The Morgan fingerprint density at radius 1 is 0.842 bits per heavy atom. The van der Waals surface area contributed by atoms with E-state index in [-0.39, 0.29) is 5.91 Å². The van der Waals surface area contributed by atoms with Crippen LogP contribution >= 0.6 is 0 Å². The van der Waals surface area contributed by atoms with E-state index >= 15 is 0 Å². The molecule has 0 aliphatic carbocycles. The molecule has 2 fully saturated rings. The Kier molecular flexibility index (Phi) is 7.73. The minimum Gasteiger partial charge on any atom is -0.339 e. The van der Waals surface area contributed by atoms with Gasteiger partial charge in [-0.2, -0.15) is 0 Å². The number of rotatable bonds is 5. The zero-order valence-corrected chi connectivity index (χ0v) is 23.5. The average molecular weight is 531 g/mol. The highest BCUT2D eigenvalue weighted by Gasteiger charge is 2.29. The van der Waals surface area contributed by atoms with Crippen LogP contribution in [0.1, 0.15) is 62.4 Å². The zero-order chi connectivity index (χ0) is 26.9. The number of fused-ring (bicyclic) bond motifs is 1. The zero-order valence-electron chi connectivity index (χ0n) is 22.7. The van der Waals surface area contributed by atoms with Crippen molar-refractivity contribution in [1.29, 1.82) is 0 Å². The highest BCUT2D eigenvalue weighted by atomic mass is 32.2. The quantitative estimate of drug-likeness (QED) is 0.394. The number of sulfone groups is 1. The first-order valence-corrected chi connectivity index (χ1v) is 15.3. The van der Waals surface area contributed by atoms with Gasteiger partial charge in [-0.3, -0.25) is 9.69 Å². The van der Waals surface area contributed by atoms with Gasteiger partial charge >= 0.3 is 0 Å². The summed E-state index contributed by atoms with van der Waals surface area (Å²) in [7, 11) is -3.25. The molecule has 3 aromatic rings. The fraction of sp³-hybridized carbons (Fsp3) is 0.406. The van der Waals surface area contributed by atoms with E-state index in [4.69, 9.17) is 0 Å². The van der Waals surface area contributed by atoms with Crippen LogP contribution in [0.25, 0.3) is 16.3 Å². The lowest BCUT2D eigenvalue weighted by Crippen LogP contribution is -2.48. The molecule has 2 saturated heterocycles. The Morgan fingerprint density at radius 3 is 2.13 bits per heavy atom. The Labute approximate surface area is 227 Å². The summed E-state index contributed by atoms with van der Waals surface area (Å²) < 4.78 is 24.9. The molecule has 0 aromatic heterocycles. The number of likely N-dealkylation sites (tertiary alicyclic amines) is 2. The smallest absolute Gasteiger partial charge is 0.254 e. The van der Waals surface area contributed by atoms with Gasteiger partial charge in [-0.05, 0) is 86.6 Å². The fourth-order valence-corrected chi connectivity index (χ4v) is 6.98. The van der Waals surface area contributed by atoms with Crippen LogP contribution in [0.15, 0.2) is 77.2 Å². The molecule has 0 saturated carbocycles. The van der Waals surface area contributed by atoms with Crippen molar-refractivity contribution in [2.75, 3.05) is 26.2 Å². The second kappa shape index (κ2) is 11.0. The molecule has 3 aromatic carbocycles. The molecule has 200 valence electrons. The van der Waals surface area contributed by atoms with Gasteiger partial charge in [0.1, 0.15) is 0 Å². The van der Waals surface area contributed by atoms with Crippen LogP contribution < -0.4 is 0 Å². The maximum absolute atomic E-state index is 13.3. The normalized spacial score (nSPS) is 17.8. The first kappa shape index (κ1) is 26.6. The summed E-state index contributed by atoms with van der Waals surface area (Å²) in [6, 6.07) is 22.0. The van der Waals surface area contributed by atoms with Gasteiger partial charge < -0.3 is 4.90 Å². The van der Waals surface area contributed by atoms with Crippen LogP contribution in [-0.4, -0.2) is 61.6 Å². The molecule has 0 radical (unpaired) electrons. The van der Waals surface area contributed by atoms with E-state index in [0.717, 1.165) is 73.8 Å². The van der Waals surface area contributed by atoms with Crippen LogP contribution in [0.2, 0.25) is 0 Å². The standard InChI is InChI=1S/C32H38N2O3S/c1-23(2)38(36,37)29-13-11-25(12-14-29)24(3)26-15-19-33(20-16-26)28-17-21-34(22-18-28)32(35)31-10-6-8-27-7-4-5-9-30(27)31/h4-14,23,28H,15-22H2,1-3H3. The fourth-order valence-electron chi connectivity index (χ4n) is 5.92. The Balaban J connectivity index is 1.17. The van der Waals surface area contributed by atoms with E-state index in [2.05, 4.69) is 24.0 Å². The first-order valence-electron chi connectivity index (χ1n) is 13.8.